The van der Waals surface area contributed by atoms with Crippen molar-refractivity contribution in [2.45, 2.75) is 6.92 Å². The lowest BCUT2D eigenvalue weighted by atomic mass is 10.2. The lowest BCUT2D eigenvalue weighted by molar-refractivity contribution is 0.262. The molecule has 2 rings (SSSR count). The van der Waals surface area contributed by atoms with Crippen molar-refractivity contribution in [2.75, 3.05) is 17.7 Å². The second-order valence-corrected chi connectivity index (χ2v) is 4.43. The predicted molar refractivity (Wildman–Crippen MR) is 77.4 cm³/mol. The number of aryl methyl sites for hydroxylation is 1. The molecular formula is C13H13ClN4O2. The number of anilines is 2. The lowest BCUT2D eigenvalue weighted by Crippen LogP contribution is -2.19. The first-order chi connectivity index (χ1) is 9.58. The number of nitrogens with zero attached hydrogens (tertiary/aromatic N) is 2. The van der Waals surface area contributed by atoms with Gasteiger partial charge in [0.25, 0.3) is 0 Å². The summed E-state index contributed by atoms with van der Waals surface area (Å²) in [6.45, 7) is 1.92. The maximum atomic E-state index is 11.8. The molecule has 0 radical (unpaired) electrons. The Morgan fingerprint density at radius 1 is 1.25 bits per heavy atom. The molecule has 2 aromatic rings. The highest BCUT2D eigenvalue weighted by Gasteiger charge is 2.07. The largest absolute Gasteiger partial charge is 0.467 e. The number of amides is 2. The van der Waals surface area contributed by atoms with Crippen LogP contribution in [-0.4, -0.2) is 23.1 Å². The van der Waals surface area contributed by atoms with E-state index in [2.05, 4.69) is 20.6 Å². The molecule has 2 N–H and O–H groups in total. The molecule has 6 nitrogen and oxygen atoms in total. The van der Waals surface area contributed by atoms with Crippen LogP contribution in [0.25, 0.3) is 0 Å². The summed E-state index contributed by atoms with van der Waals surface area (Å²) in [7, 11) is 1.47. The summed E-state index contributed by atoms with van der Waals surface area (Å²) < 4.78 is 4.83. The fourth-order valence-corrected chi connectivity index (χ4v) is 1.77. The van der Waals surface area contributed by atoms with Gasteiger partial charge in [-0.1, -0.05) is 17.7 Å². The van der Waals surface area contributed by atoms with Crippen molar-refractivity contribution >= 4 is 29.0 Å². The third-order valence-corrected chi connectivity index (χ3v) is 2.75. The average Bonchev–Trinajstić information content (AvgIpc) is 2.43. The summed E-state index contributed by atoms with van der Waals surface area (Å²) in [5, 5.41) is 5.72. The van der Waals surface area contributed by atoms with Gasteiger partial charge in [-0.15, -0.1) is 0 Å². The summed E-state index contributed by atoms with van der Waals surface area (Å²) >= 11 is 6.03. The first-order valence-electron chi connectivity index (χ1n) is 5.78. The first-order valence-corrected chi connectivity index (χ1v) is 6.16. The molecule has 2 amide bonds. The number of urea groups is 1. The van der Waals surface area contributed by atoms with E-state index in [1.54, 1.807) is 12.1 Å². The van der Waals surface area contributed by atoms with E-state index in [9.17, 15) is 4.79 Å². The van der Waals surface area contributed by atoms with Crippen LogP contribution in [0.5, 0.6) is 6.01 Å². The molecule has 0 bridgehead atoms. The number of carbonyl (C=O) groups is 1. The van der Waals surface area contributed by atoms with Gasteiger partial charge in [-0.2, -0.15) is 0 Å². The van der Waals surface area contributed by atoms with E-state index in [0.29, 0.717) is 16.4 Å². The third-order valence-electron chi connectivity index (χ3n) is 2.44. The Labute approximate surface area is 121 Å². The van der Waals surface area contributed by atoms with Crippen molar-refractivity contribution in [3.8, 4) is 6.01 Å². The topological polar surface area (TPSA) is 76.1 Å². The highest BCUT2D eigenvalue weighted by Crippen LogP contribution is 2.22. The van der Waals surface area contributed by atoms with Crippen molar-refractivity contribution in [3.63, 3.8) is 0 Å². The molecular weight excluding hydrogens is 280 g/mol. The van der Waals surface area contributed by atoms with Crippen LogP contribution in [0.15, 0.2) is 30.6 Å². The number of carbonyl (C=O) groups excluding carboxylic acids is 1. The fourth-order valence-electron chi connectivity index (χ4n) is 1.49. The van der Waals surface area contributed by atoms with E-state index in [0.717, 1.165) is 5.56 Å². The molecule has 7 heteroatoms. The van der Waals surface area contributed by atoms with E-state index in [1.165, 1.54) is 19.5 Å². The van der Waals surface area contributed by atoms with Crippen molar-refractivity contribution in [1.82, 2.24) is 9.97 Å². The molecule has 1 heterocycles. The normalized spacial score (nSPS) is 9.95. The van der Waals surface area contributed by atoms with Crippen molar-refractivity contribution in [3.05, 3.63) is 41.2 Å². The molecule has 0 saturated carbocycles. The zero-order valence-corrected chi connectivity index (χ0v) is 11.7. The highest BCUT2D eigenvalue weighted by molar-refractivity contribution is 6.33. The summed E-state index contributed by atoms with van der Waals surface area (Å²) in [6, 6.07) is 5.18. The zero-order chi connectivity index (χ0) is 14.5. The zero-order valence-electron chi connectivity index (χ0n) is 11.0. The molecule has 1 aromatic heterocycles. The smallest absolute Gasteiger partial charge is 0.323 e. The van der Waals surface area contributed by atoms with Crippen LogP contribution in [0.3, 0.4) is 0 Å². The van der Waals surface area contributed by atoms with Gasteiger partial charge in [0.15, 0.2) is 0 Å². The van der Waals surface area contributed by atoms with Crippen LogP contribution in [0.2, 0.25) is 5.02 Å². The second-order valence-electron chi connectivity index (χ2n) is 4.02. The van der Waals surface area contributed by atoms with Crippen LogP contribution in [0.4, 0.5) is 16.2 Å². The van der Waals surface area contributed by atoms with Crippen molar-refractivity contribution in [1.29, 1.82) is 0 Å². The predicted octanol–water partition coefficient (Wildman–Crippen LogP) is 3.09. The minimum atomic E-state index is -0.426. The summed E-state index contributed by atoms with van der Waals surface area (Å²) in [5.41, 5.74) is 2.00. The molecule has 0 saturated heterocycles. The molecule has 0 aliphatic rings. The van der Waals surface area contributed by atoms with E-state index < -0.39 is 6.03 Å². The minimum absolute atomic E-state index is 0.234. The van der Waals surface area contributed by atoms with Crippen LogP contribution in [0.1, 0.15) is 5.56 Å². The van der Waals surface area contributed by atoms with E-state index >= 15 is 0 Å². The van der Waals surface area contributed by atoms with Crippen LogP contribution in [0, 0.1) is 6.92 Å². The van der Waals surface area contributed by atoms with Gasteiger partial charge >= 0.3 is 12.0 Å². The molecule has 1 aromatic carbocycles. The van der Waals surface area contributed by atoms with Gasteiger partial charge in [-0.3, -0.25) is 0 Å². The van der Waals surface area contributed by atoms with E-state index in [-0.39, 0.29) is 6.01 Å². The Balaban J connectivity index is 2.01. The van der Waals surface area contributed by atoms with Crippen LogP contribution in [-0.2, 0) is 0 Å². The Hall–Kier alpha value is -2.34. The quantitative estimate of drug-likeness (QED) is 0.911. The number of benzene rings is 1. The van der Waals surface area contributed by atoms with Gasteiger partial charge in [0, 0.05) is 0 Å². The lowest BCUT2D eigenvalue weighted by Gasteiger charge is -2.09. The fraction of sp³-hybridized carbons (Fsp3) is 0.154. The Kier molecular flexibility index (Phi) is 4.37. The molecule has 104 valence electrons. The molecule has 0 aliphatic heterocycles. The molecule has 0 atom stereocenters. The minimum Gasteiger partial charge on any atom is -0.467 e. The summed E-state index contributed by atoms with van der Waals surface area (Å²) in [6.07, 6.45) is 2.89. The number of methoxy groups -OCH3 is 1. The van der Waals surface area contributed by atoms with Crippen molar-refractivity contribution in [2.24, 2.45) is 0 Å². The van der Waals surface area contributed by atoms with Crippen LogP contribution >= 0.6 is 11.6 Å². The molecule has 0 fully saturated rings. The number of halogens is 1. The Bertz CT molecular complexity index is 616. The summed E-state index contributed by atoms with van der Waals surface area (Å²) in [5.74, 6) is 0. The first kappa shape index (κ1) is 14.1. The van der Waals surface area contributed by atoms with Gasteiger partial charge in [0.1, 0.15) is 0 Å². The maximum Gasteiger partial charge on any atom is 0.323 e. The second kappa shape index (κ2) is 6.21. The van der Waals surface area contributed by atoms with E-state index in [4.69, 9.17) is 16.3 Å². The van der Waals surface area contributed by atoms with E-state index in [1.807, 2.05) is 13.0 Å². The number of hydrogen-bond acceptors (Lipinski definition) is 4. The SMILES string of the molecule is COc1ncc(NC(=O)Nc2ccc(C)cc2Cl)cn1. The number of ether oxygens (including phenoxy) is 1. The third kappa shape index (κ3) is 3.58. The van der Waals surface area contributed by atoms with Crippen molar-refractivity contribution < 1.29 is 9.53 Å². The number of nitrogens with one attached hydrogen (secondary N) is 2. The number of hydrogen-bond donors (Lipinski definition) is 2. The van der Waals surface area contributed by atoms with Gasteiger partial charge in [-0.25, -0.2) is 14.8 Å². The molecule has 20 heavy (non-hydrogen) atoms. The standard InChI is InChI=1S/C13H13ClN4O2/c1-8-3-4-11(10(14)5-8)18-12(19)17-9-6-15-13(20-2)16-7-9/h3-7H,1-2H3,(H2,17,18,19). The number of rotatable bonds is 3. The van der Waals surface area contributed by atoms with Gasteiger partial charge in [-0.05, 0) is 24.6 Å². The Morgan fingerprint density at radius 3 is 2.55 bits per heavy atom. The maximum absolute atomic E-state index is 11.8. The van der Waals surface area contributed by atoms with Gasteiger partial charge in [0.05, 0.1) is 35.9 Å². The molecule has 0 spiro atoms. The number of aromatic nitrogens is 2. The highest BCUT2D eigenvalue weighted by atomic mass is 35.5. The summed E-state index contributed by atoms with van der Waals surface area (Å²) in [4.78, 5) is 19.6. The monoisotopic (exact) mass is 292 g/mol. The van der Waals surface area contributed by atoms with Crippen LogP contribution < -0.4 is 15.4 Å². The van der Waals surface area contributed by atoms with Gasteiger partial charge < -0.3 is 15.4 Å². The molecule has 0 aliphatic carbocycles. The van der Waals surface area contributed by atoms with Gasteiger partial charge in [0.2, 0.25) is 0 Å². The Morgan fingerprint density at radius 2 is 1.95 bits per heavy atom. The average molecular weight is 293 g/mol. The molecule has 0 unspecified atom stereocenters.